The number of hydrogen-bond donors (Lipinski definition) is 2. The number of carbonyl (C=O) groups is 2. The smallest absolute Gasteiger partial charge is 0.253 e. The van der Waals surface area contributed by atoms with E-state index < -0.39 is 0 Å². The highest BCUT2D eigenvalue weighted by molar-refractivity contribution is 6.35. The first kappa shape index (κ1) is 20.4. The van der Waals surface area contributed by atoms with Crippen LogP contribution in [-0.2, 0) is 9.53 Å². The number of rotatable bonds is 6. The fourth-order valence-corrected chi connectivity index (χ4v) is 3.35. The average Bonchev–Trinajstić information content (AvgIpc) is 3.19. The molecular weight excluding hydrogens is 399 g/mol. The van der Waals surface area contributed by atoms with Crippen molar-refractivity contribution in [2.24, 2.45) is 0 Å². The van der Waals surface area contributed by atoms with E-state index in [1.165, 1.54) is 6.08 Å². The molecule has 1 aliphatic rings. The summed E-state index contributed by atoms with van der Waals surface area (Å²) in [4.78, 5) is 24.8. The number of nitrogens with one attached hydrogen (secondary N) is 2. The molecule has 1 aliphatic heterocycles. The van der Waals surface area contributed by atoms with Gasteiger partial charge >= 0.3 is 0 Å². The molecule has 2 aromatic carbocycles. The molecule has 0 radical (unpaired) electrons. The maximum atomic E-state index is 12.5. The van der Waals surface area contributed by atoms with E-state index in [2.05, 4.69) is 10.6 Å². The van der Waals surface area contributed by atoms with Crippen LogP contribution in [0.25, 0.3) is 6.08 Å². The Morgan fingerprint density at radius 1 is 1.18 bits per heavy atom. The van der Waals surface area contributed by atoms with Crippen molar-refractivity contribution in [2.45, 2.75) is 18.9 Å². The third-order valence-electron chi connectivity index (χ3n) is 4.32. The molecule has 2 aromatic rings. The number of halogens is 2. The van der Waals surface area contributed by atoms with Crippen LogP contribution in [0, 0.1) is 0 Å². The summed E-state index contributed by atoms with van der Waals surface area (Å²) in [6, 6.07) is 11.9. The van der Waals surface area contributed by atoms with Crippen LogP contribution in [0.4, 0.5) is 5.69 Å². The number of hydrogen-bond acceptors (Lipinski definition) is 3. The van der Waals surface area contributed by atoms with Gasteiger partial charge in [-0.1, -0.05) is 41.4 Å². The van der Waals surface area contributed by atoms with Crippen LogP contribution in [0.2, 0.25) is 10.0 Å². The molecule has 7 heteroatoms. The highest BCUT2D eigenvalue weighted by Crippen LogP contribution is 2.22. The van der Waals surface area contributed by atoms with Crippen LogP contribution >= 0.6 is 23.2 Å². The van der Waals surface area contributed by atoms with Crippen LogP contribution < -0.4 is 10.6 Å². The zero-order valence-electron chi connectivity index (χ0n) is 15.1. The fourth-order valence-electron chi connectivity index (χ4n) is 2.87. The molecule has 0 bridgehead atoms. The quantitative estimate of drug-likeness (QED) is 0.675. The molecule has 2 amide bonds. The zero-order chi connectivity index (χ0) is 19.9. The first-order valence-corrected chi connectivity index (χ1v) is 9.71. The molecular formula is C21H20Cl2N2O3. The minimum Gasteiger partial charge on any atom is -0.376 e. The second-order valence-corrected chi connectivity index (χ2v) is 7.22. The largest absolute Gasteiger partial charge is 0.376 e. The molecule has 0 aromatic heterocycles. The Balaban J connectivity index is 1.64. The molecule has 146 valence electrons. The van der Waals surface area contributed by atoms with E-state index in [0.717, 1.165) is 19.4 Å². The molecule has 5 nitrogen and oxygen atoms in total. The molecule has 1 saturated heterocycles. The Morgan fingerprint density at radius 2 is 2.00 bits per heavy atom. The van der Waals surface area contributed by atoms with E-state index in [9.17, 15) is 9.59 Å². The van der Waals surface area contributed by atoms with Crippen LogP contribution in [0.1, 0.15) is 28.8 Å². The van der Waals surface area contributed by atoms with Crippen molar-refractivity contribution in [1.82, 2.24) is 5.32 Å². The second kappa shape index (κ2) is 9.73. The predicted molar refractivity (Wildman–Crippen MR) is 112 cm³/mol. The van der Waals surface area contributed by atoms with Gasteiger partial charge < -0.3 is 15.4 Å². The van der Waals surface area contributed by atoms with E-state index >= 15 is 0 Å². The standard InChI is InChI=1S/C21H20Cl2N2O3/c22-15-9-7-14(18(23)12-15)8-10-20(26)25-19-6-2-1-5-17(19)21(27)24-13-16-4-3-11-28-16/h1-2,5-10,12,16H,3-4,11,13H2,(H,24,27)(H,25,26)/b10-8+/t16-/m0/s1. The van der Waals surface area contributed by atoms with Crippen LogP contribution in [0.5, 0.6) is 0 Å². The summed E-state index contributed by atoms with van der Waals surface area (Å²) in [5.74, 6) is -0.624. The van der Waals surface area contributed by atoms with Gasteiger partial charge in [-0.3, -0.25) is 9.59 Å². The predicted octanol–water partition coefficient (Wildman–Crippen LogP) is 4.55. The lowest BCUT2D eigenvalue weighted by Gasteiger charge is -2.13. The van der Waals surface area contributed by atoms with Gasteiger partial charge in [0.1, 0.15) is 0 Å². The lowest BCUT2D eigenvalue weighted by Crippen LogP contribution is -2.32. The van der Waals surface area contributed by atoms with Gasteiger partial charge in [-0.25, -0.2) is 0 Å². The van der Waals surface area contributed by atoms with Crippen molar-refractivity contribution in [3.05, 3.63) is 69.7 Å². The van der Waals surface area contributed by atoms with Gasteiger partial charge in [0.05, 0.1) is 17.4 Å². The third-order valence-corrected chi connectivity index (χ3v) is 4.88. The van der Waals surface area contributed by atoms with Gasteiger partial charge in [-0.15, -0.1) is 0 Å². The zero-order valence-corrected chi connectivity index (χ0v) is 16.6. The van der Waals surface area contributed by atoms with Crippen LogP contribution in [0.3, 0.4) is 0 Å². The summed E-state index contributed by atoms with van der Waals surface area (Å²) in [6.07, 6.45) is 4.95. The molecule has 1 fully saturated rings. The molecule has 1 atom stereocenters. The first-order chi connectivity index (χ1) is 13.5. The number of ether oxygens (including phenoxy) is 1. The molecule has 0 aliphatic carbocycles. The van der Waals surface area contributed by atoms with Crippen molar-refractivity contribution in [3.63, 3.8) is 0 Å². The van der Waals surface area contributed by atoms with E-state index in [0.29, 0.717) is 33.4 Å². The highest BCUT2D eigenvalue weighted by atomic mass is 35.5. The number of para-hydroxylation sites is 1. The average molecular weight is 419 g/mol. The Morgan fingerprint density at radius 3 is 2.75 bits per heavy atom. The van der Waals surface area contributed by atoms with E-state index in [-0.39, 0.29) is 17.9 Å². The molecule has 2 N–H and O–H groups in total. The Bertz CT molecular complexity index is 893. The maximum Gasteiger partial charge on any atom is 0.253 e. The van der Waals surface area contributed by atoms with E-state index in [1.807, 2.05) is 0 Å². The lowest BCUT2D eigenvalue weighted by molar-refractivity contribution is -0.111. The number of benzene rings is 2. The highest BCUT2D eigenvalue weighted by Gasteiger charge is 2.18. The molecule has 28 heavy (non-hydrogen) atoms. The van der Waals surface area contributed by atoms with E-state index in [4.69, 9.17) is 27.9 Å². The van der Waals surface area contributed by atoms with Gasteiger partial charge in [-0.2, -0.15) is 0 Å². The summed E-state index contributed by atoms with van der Waals surface area (Å²) in [5, 5.41) is 6.57. The van der Waals surface area contributed by atoms with Gasteiger partial charge in [-0.05, 0) is 48.7 Å². The second-order valence-electron chi connectivity index (χ2n) is 6.38. The summed E-state index contributed by atoms with van der Waals surface area (Å²) in [6.45, 7) is 1.19. The maximum absolute atomic E-state index is 12.5. The Kier molecular flexibility index (Phi) is 7.09. The van der Waals surface area contributed by atoms with Gasteiger partial charge in [0.2, 0.25) is 5.91 Å². The van der Waals surface area contributed by atoms with Gasteiger partial charge in [0, 0.05) is 29.3 Å². The molecule has 1 heterocycles. The Labute approximate surface area is 173 Å². The summed E-state index contributed by atoms with van der Waals surface area (Å²) in [7, 11) is 0. The molecule has 0 saturated carbocycles. The summed E-state index contributed by atoms with van der Waals surface area (Å²) < 4.78 is 5.51. The SMILES string of the molecule is O=C(/C=C/c1ccc(Cl)cc1Cl)Nc1ccccc1C(=O)NC[C@@H]1CCCO1. The number of amides is 2. The van der Waals surface area contributed by atoms with Crippen LogP contribution in [-0.4, -0.2) is 31.1 Å². The van der Waals surface area contributed by atoms with Crippen molar-refractivity contribution < 1.29 is 14.3 Å². The van der Waals surface area contributed by atoms with Gasteiger partial charge in [0.15, 0.2) is 0 Å². The molecule has 0 spiro atoms. The van der Waals surface area contributed by atoms with Crippen molar-refractivity contribution in [1.29, 1.82) is 0 Å². The molecule has 0 unspecified atom stereocenters. The lowest BCUT2D eigenvalue weighted by atomic mass is 10.1. The third kappa shape index (κ3) is 5.58. The van der Waals surface area contributed by atoms with Crippen molar-refractivity contribution in [3.8, 4) is 0 Å². The van der Waals surface area contributed by atoms with Crippen molar-refractivity contribution in [2.75, 3.05) is 18.5 Å². The number of carbonyl (C=O) groups excluding carboxylic acids is 2. The topological polar surface area (TPSA) is 67.4 Å². The van der Waals surface area contributed by atoms with Crippen LogP contribution in [0.15, 0.2) is 48.5 Å². The number of anilines is 1. The van der Waals surface area contributed by atoms with Gasteiger partial charge in [0.25, 0.3) is 5.91 Å². The van der Waals surface area contributed by atoms with Crippen molar-refractivity contribution >= 4 is 46.8 Å². The monoisotopic (exact) mass is 418 g/mol. The first-order valence-electron chi connectivity index (χ1n) is 8.96. The molecule has 3 rings (SSSR count). The van der Waals surface area contributed by atoms with E-state index in [1.54, 1.807) is 48.5 Å². The minimum absolute atomic E-state index is 0.0535. The normalized spacial score (nSPS) is 16.3. The summed E-state index contributed by atoms with van der Waals surface area (Å²) >= 11 is 12.0. The Hall–Kier alpha value is -2.34. The minimum atomic E-state index is -0.370. The fraction of sp³-hybridized carbons (Fsp3) is 0.238. The summed E-state index contributed by atoms with van der Waals surface area (Å²) in [5.41, 5.74) is 1.50.